The first kappa shape index (κ1) is 23.9. The predicted octanol–water partition coefficient (Wildman–Crippen LogP) is 2.74. The molecule has 3 N–H and O–H groups in total. The summed E-state index contributed by atoms with van der Waals surface area (Å²) >= 11 is 0. The zero-order valence-corrected chi connectivity index (χ0v) is 19.9. The van der Waals surface area contributed by atoms with Gasteiger partial charge in [-0.05, 0) is 44.2 Å². The summed E-state index contributed by atoms with van der Waals surface area (Å²) in [5.74, 6) is 1.35. The van der Waals surface area contributed by atoms with Gasteiger partial charge in [0.15, 0.2) is 5.96 Å². The van der Waals surface area contributed by atoms with Crippen LogP contribution in [-0.4, -0.2) is 56.0 Å². The summed E-state index contributed by atoms with van der Waals surface area (Å²) < 4.78 is 0. The summed E-state index contributed by atoms with van der Waals surface area (Å²) in [6, 6.07) is 11.2. The molecule has 1 amide bonds. The molecular formula is C22H36IN5O. The molecule has 1 unspecified atom stereocenters. The highest BCUT2D eigenvalue weighted by atomic mass is 127. The van der Waals surface area contributed by atoms with Crippen molar-refractivity contribution in [3.8, 4) is 0 Å². The molecule has 1 saturated carbocycles. The molecule has 1 aromatic carbocycles. The molecule has 1 heterocycles. The fraction of sp³-hybridized carbons (Fsp3) is 0.636. The van der Waals surface area contributed by atoms with Gasteiger partial charge in [-0.25, -0.2) is 0 Å². The molecule has 0 bridgehead atoms. The first-order valence-corrected chi connectivity index (χ1v) is 10.8. The van der Waals surface area contributed by atoms with Crippen molar-refractivity contribution >= 4 is 35.8 Å². The van der Waals surface area contributed by atoms with Crippen LogP contribution in [0.3, 0.4) is 0 Å². The number of nitrogens with one attached hydrogen (secondary N) is 3. The van der Waals surface area contributed by atoms with Crippen LogP contribution >= 0.6 is 24.0 Å². The average Bonchev–Trinajstić information content (AvgIpc) is 3.10. The fourth-order valence-corrected chi connectivity index (χ4v) is 3.91. The minimum atomic E-state index is 0. The molecule has 1 atom stereocenters. The van der Waals surface area contributed by atoms with Gasteiger partial charge in [-0.1, -0.05) is 36.8 Å². The Morgan fingerprint density at radius 3 is 2.52 bits per heavy atom. The van der Waals surface area contributed by atoms with Crippen molar-refractivity contribution in [2.75, 3.05) is 33.2 Å². The molecule has 0 spiro atoms. The first-order chi connectivity index (χ1) is 13.8. The van der Waals surface area contributed by atoms with Crippen LogP contribution in [0.5, 0.6) is 0 Å². The Morgan fingerprint density at radius 2 is 1.83 bits per heavy atom. The summed E-state index contributed by atoms with van der Waals surface area (Å²) in [6.07, 6.45) is 6.70. The van der Waals surface area contributed by atoms with E-state index >= 15 is 0 Å². The second kappa shape index (κ2) is 13.1. The number of likely N-dealkylation sites (tertiary alicyclic amines) is 1. The molecule has 2 fully saturated rings. The Morgan fingerprint density at radius 1 is 1.07 bits per heavy atom. The van der Waals surface area contributed by atoms with Gasteiger partial charge in [0.1, 0.15) is 0 Å². The molecule has 7 heteroatoms. The summed E-state index contributed by atoms with van der Waals surface area (Å²) in [5.41, 5.74) is 1.38. The van der Waals surface area contributed by atoms with Gasteiger partial charge >= 0.3 is 0 Å². The van der Waals surface area contributed by atoms with Crippen molar-refractivity contribution in [2.24, 2.45) is 10.9 Å². The van der Waals surface area contributed by atoms with Crippen LogP contribution in [0.15, 0.2) is 35.3 Å². The minimum absolute atomic E-state index is 0. The van der Waals surface area contributed by atoms with Crippen molar-refractivity contribution in [2.45, 2.75) is 51.1 Å². The fourth-order valence-electron chi connectivity index (χ4n) is 3.91. The summed E-state index contributed by atoms with van der Waals surface area (Å²) in [4.78, 5) is 18.7. The Kier molecular flexibility index (Phi) is 10.8. The van der Waals surface area contributed by atoms with Crippen LogP contribution in [0.4, 0.5) is 0 Å². The van der Waals surface area contributed by atoms with Gasteiger partial charge < -0.3 is 16.0 Å². The lowest BCUT2D eigenvalue weighted by Gasteiger charge is -2.25. The van der Waals surface area contributed by atoms with E-state index in [1.807, 2.05) is 7.05 Å². The van der Waals surface area contributed by atoms with Crippen LogP contribution in [0, 0.1) is 5.92 Å². The topological polar surface area (TPSA) is 68.8 Å². The standard InChI is InChI=1S/C22H35N5O.HI/c1-23-22(25-14-7-13-24-21(28)19-10-5-11-19)26-16-20-12-6-15-27(20)17-18-8-3-2-4-9-18;/h2-4,8-9,19-20H,5-7,10-17H2,1H3,(H,24,28)(H2,23,25,26);1H. The largest absolute Gasteiger partial charge is 0.356 e. The van der Waals surface area contributed by atoms with Crippen molar-refractivity contribution < 1.29 is 4.79 Å². The van der Waals surface area contributed by atoms with E-state index in [1.54, 1.807) is 0 Å². The predicted molar refractivity (Wildman–Crippen MR) is 130 cm³/mol. The van der Waals surface area contributed by atoms with Gasteiger partial charge in [0.05, 0.1) is 0 Å². The third kappa shape index (κ3) is 7.77. The lowest BCUT2D eigenvalue weighted by molar-refractivity contribution is -0.127. The molecule has 2 aliphatic rings. The number of halogens is 1. The molecular weight excluding hydrogens is 477 g/mol. The molecule has 0 aromatic heterocycles. The van der Waals surface area contributed by atoms with Gasteiger partial charge in [-0.3, -0.25) is 14.7 Å². The van der Waals surface area contributed by atoms with Gasteiger partial charge in [0, 0.05) is 45.2 Å². The monoisotopic (exact) mass is 513 g/mol. The second-order valence-electron chi connectivity index (χ2n) is 7.90. The highest BCUT2D eigenvalue weighted by Crippen LogP contribution is 2.26. The smallest absolute Gasteiger partial charge is 0.223 e. The van der Waals surface area contributed by atoms with E-state index < -0.39 is 0 Å². The number of nitrogens with zero attached hydrogens (tertiary/aromatic N) is 2. The van der Waals surface area contributed by atoms with Crippen LogP contribution < -0.4 is 16.0 Å². The molecule has 6 nitrogen and oxygen atoms in total. The van der Waals surface area contributed by atoms with E-state index in [4.69, 9.17) is 0 Å². The molecule has 162 valence electrons. The lowest BCUT2D eigenvalue weighted by Crippen LogP contribution is -2.45. The Labute approximate surface area is 192 Å². The van der Waals surface area contributed by atoms with E-state index in [-0.39, 0.29) is 35.8 Å². The molecule has 0 radical (unpaired) electrons. The van der Waals surface area contributed by atoms with E-state index in [1.165, 1.54) is 24.8 Å². The Hall–Kier alpha value is -1.35. The number of rotatable bonds is 9. The summed E-state index contributed by atoms with van der Waals surface area (Å²) in [5, 5.41) is 9.87. The maximum absolute atomic E-state index is 11.8. The number of guanidine groups is 1. The zero-order chi connectivity index (χ0) is 19.6. The molecule has 1 aliphatic carbocycles. The number of aliphatic imine (C=N–C) groups is 1. The average molecular weight is 513 g/mol. The van der Waals surface area contributed by atoms with Crippen molar-refractivity contribution in [3.05, 3.63) is 35.9 Å². The number of benzene rings is 1. The number of carbonyl (C=O) groups excluding carboxylic acids is 1. The molecule has 29 heavy (non-hydrogen) atoms. The molecule has 1 saturated heterocycles. The van der Waals surface area contributed by atoms with E-state index in [0.717, 1.165) is 57.9 Å². The van der Waals surface area contributed by atoms with Gasteiger partial charge in [-0.2, -0.15) is 0 Å². The quantitative estimate of drug-likeness (QED) is 0.206. The zero-order valence-electron chi connectivity index (χ0n) is 17.5. The van der Waals surface area contributed by atoms with Crippen LogP contribution in [0.25, 0.3) is 0 Å². The normalized spacial score (nSPS) is 19.9. The number of amides is 1. The molecule has 1 aliphatic heterocycles. The summed E-state index contributed by atoms with van der Waals surface area (Å²) in [7, 11) is 1.81. The number of hydrogen-bond acceptors (Lipinski definition) is 3. The third-order valence-electron chi connectivity index (χ3n) is 5.88. The van der Waals surface area contributed by atoms with E-state index in [9.17, 15) is 4.79 Å². The number of carbonyl (C=O) groups is 1. The van der Waals surface area contributed by atoms with Crippen molar-refractivity contribution in [1.29, 1.82) is 0 Å². The number of hydrogen-bond donors (Lipinski definition) is 3. The van der Waals surface area contributed by atoms with Crippen LogP contribution in [0.2, 0.25) is 0 Å². The lowest BCUT2D eigenvalue weighted by atomic mass is 9.85. The van der Waals surface area contributed by atoms with Gasteiger partial charge in [0.25, 0.3) is 0 Å². The Balaban J connectivity index is 0.00000300. The highest BCUT2D eigenvalue weighted by Gasteiger charge is 2.25. The molecule has 1 aromatic rings. The second-order valence-corrected chi connectivity index (χ2v) is 7.90. The van der Waals surface area contributed by atoms with Gasteiger partial charge in [-0.15, -0.1) is 24.0 Å². The van der Waals surface area contributed by atoms with Crippen LogP contribution in [0.1, 0.15) is 44.1 Å². The highest BCUT2D eigenvalue weighted by molar-refractivity contribution is 14.0. The minimum Gasteiger partial charge on any atom is -0.356 e. The Bertz CT molecular complexity index is 635. The maximum Gasteiger partial charge on any atom is 0.223 e. The van der Waals surface area contributed by atoms with Crippen molar-refractivity contribution in [3.63, 3.8) is 0 Å². The summed E-state index contributed by atoms with van der Waals surface area (Å²) in [6.45, 7) is 4.62. The SMILES string of the molecule is CN=C(NCCCNC(=O)C1CCC1)NCC1CCCN1Cc1ccccc1.I. The molecule has 3 rings (SSSR count). The first-order valence-electron chi connectivity index (χ1n) is 10.8. The van der Waals surface area contributed by atoms with E-state index in [2.05, 4.69) is 56.2 Å². The van der Waals surface area contributed by atoms with Crippen molar-refractivity contribution in [1.82, 2.24) is 20.9 Å². The third-order valence-corrected chi connectivity index (χ3v) is 5.88. The van der Waals surface area contributed by atoms with Gasteiger partial charge in [0.2, 0.25) is 5.91 Å². The van der Waals surface area contributed by atoms with E-state index in [0.29, 0.717) is 6.04 Å². The van der Waals surface area contributed by atoms with Crippen LogP contribution in [-0.2, 0) is 11.3 Å². The maximum atomic E-state index is 11.8.